The first-order valence-corrected chi connectivity index (χ1v) is 8.28. The highest BCUT2D eigenvalue weighted by molar-refractivity contribution is 5.34. The first-order chi connectivity index (χ1) is 9.74. The van der Waals surface area contributed by atoms with Crippen LogP contribution in [0.4, 0.5) is 0 Å². The van der Waals surface area contributed by atoms with Crippen LogP contribution in [0.5, 0.6) is 0 Å². The van der Waals surface area contributed by atoms with Crippen LogP contribution in [-0.2, 0) is 19.6 Å². The summed E-state index contributed by atoms with van der Waals surface area (Å²) in [5, 5.41) is 3.43. The Balaban J connectivity index is 1.60. The smallest absolute Gasteiger partial charge is 0.0233 e. The molecule has 0 spiro atoms. The van der Waals surface area contributed by atoms with Crippen molar-refractivity contribution in [3.8, 4) is 0 Å². The standard InChI is InChI=1S/C18H28N2/c1-3-18(4-2)7-9-20(10-8-18)14-15-5-6-16-12-19-13-17(16)11-15/h5-6,11,19H,3-4,7-10,12-14H2,1-2H3. The zero-order chi connectivity index (χ0) is 14.0. The van der Waals surface area contributed by atoms with E-state index in [1.165, 1.54) is 55.5 Å². The molecule has 2 heteroatoms. The van der Waals surface area contributed by atoms with E-state index in [2.05, 4.69) is 42.3 Å². The van der Waals surface area contributed by atoms with Crippen LogP contribution in [0.2, 0.25) is 0 Å². The number of hydrogen-bond donors (Lipinski definition) is 1. The quantitative estimate of drug-likeness (QED) is 0.899. The Bertz CT molecular complexity index is 452. The Morgan fingerprint density at radius 2 is 1.75 bits per heavy atom. The summed E-state index contributed by atoms with van der Waals surface area (Å²) in [5.74, 6) is 0. The van der Waals surface area contributed by atoms with Crippen LogP contribution in [-0.4, -0.2) is 18.0 Å². The van der Waals surface area contributed by atoms with Crippen LogP contribution in [0.3, 0.4) is 0 Å². The highest BCUT2D eigenvalue weighted by Crippen LogP contribution is 2.38. The Labute approximate surface area is 123 Å². The topological polar surface area (TPSA) is 15.3 Å². The Kier molecular flexibility index (Phi) is 4.13. The maximum atomic E-state index is 3.43. The van der Waals surface area contributed by atoms with Gasteiger partial charge >= 0.3 is 0 Å². The van der Waals surface area contributed by atoms with Gasteiger partial charge in [-0.15, -0.1) is 0 Å². The SMILES string of the molecule is CCC1(CC)CCN(Cc2ccc3c(c2)CNC3)CC1. The van der Waals surface area contributed by atoms with Crippen molar-refractivity contribution in [2.45, 2.75) is 59.2 Å². The van der Waals surface area contributed by atoms with Crippen LogP contribution in [0.15, 0.2) is 18.2 Å². The fourth-order valence-corrected chi connectivity index (χ4v) is 3.85. The molecule has 2 nitrogen and oxygen atoms in total. The highest BCUT2D eigenvalue weighted by Gasteiger charge is 2.31. The average Bonchev–Trinajstić information content (AvgIpc) is 2.96. The summed E-state index contributed by atoms with van der Waals surface area (Å²) in [6, 6.07) is 7.06. The molecule has 0 aliphatic carbocycles. The molecule has 1 N–H and O–H groups in total. The van der Waals surface area contributed by atoms with Crippen LogP contribution >= 0.6 is 0 Å². The molecule has 0 aromatic heterocycles. The molecule has 1 aromatic rings. The summed E-state index contributed by atoms with van der Waals surface area (Å²) in [4.78, 5) is 2.65. The molecule has 0 atom stereocenters. The van der Waals surface area contributed by atoms with E-state index >= 15 is 0 Å². The number of nitrogens with one attached hydrogen (secondary N) is 1. The fourth-order valence-electron chi connectivity index (χ4n) is 3.85. The summed E-state index contributed by atoms with van der Waals surface area (Å²) in [6.45, 7) is 10.5. The van der Waals surface area contributed by atoms with Crippen LogP contribution in [0, 0.1) is 5.41 Å². The summed E-state index contributed by atoms with van der Waals surface area (Å²) in [6.07, 6.45) is 5.46. The van der Waals surface area contributed by atoms with E-state index in [0.717, 1.165) is 19.6 Å². The molecular weight excluding hydrogens is 244 g/mol. The maximum absolute atomic E-state index is 3.43. The molecule has 0 radical (unpaired) electrons. The van der Waals surface area contributed by atoms with Crippen molar-refractivity contribution in [2.24, 2.45) is 5.41 Å². The molecule has 2 aliphatic rings. The normalized spacial score (nSPS) is 21.9. The fraction of sp³-hybridized carbons (Fsp3) is 0.667. The Morgan fingerprint density at radius 1 is 1.05 bits per heavy atom. The van der Waals surface area contributed by atoms with Gasteiger partial charge in [-0.3, -0.25) is 4.90 Å². The molecule has 2 aliphatic heterocycles. The predicted octanol–water partition coefficient (Wildman–Crippen LogP) is 3.69. The van der Waals surface area contributed by atoms with E-state index in [0.29, 0.717) is 5.41 Å². The largest absolute Gasteiger partial charge is 0.309 e. The third kappa shape index (κ3) is 2.77. The summed E-state index contributed by atoms with van der Waals surface area (Å²) < 4.78 is 0. The summed E-state index contributed by atoms with van der Waals surface area (Å²) in [5.41, 5.74) is 5.13. The second kappa shape index (κ2) is 5.87. The van der Waals surface area contributed by atoms with Gasteiger partial charge in [0, 0.05) is 19.6 Å². The number of nitrogens with zero attached hydrogens (tertiary/aromatic N) is 1. The van der Waals surface area contributed by atoms with Crippen LogP contribution < -0.4 is 5.32 Å². The minimum absolute atomic E-state index is 0.637. The molecule has 110 valence electrons. The van der Waals surface area contributed by atoms with Crippen molar-refractivity contribution in [1.29, 1.82) is 0 Å². The maximum Gasteiger partial charge on any atom is 0.0233 e. The number of piperidine rings is 1. The number of benzene rings is 1. The van der Waals surface area contributed by atoms with Crippen LogP contribution in [0.1, 0.15) is 56.2 Å². The van der Waals surface area contributed by atoms with Gasteiger partial charge < -0.3 is 5.32 Å². The van der Waals surface area contributed by atoms with Crippen LogP contribution in [0.25, 0.3) is 0 Å². The Morgan fingerprint density at radius 3 is 2.45 bits per heavy atom. The van der Waals surface area contributed by atoms with Crippen molar-refractivity contribution in [2.75, 3.05) is 13.1 Å². The molecule has 1 aromatic carbocycles. The van der Waals surface area contributed by atoms with Gasteiger partial charge in [-0.05, 0) is 48.0 Å². The zero-order valence-electron chi connectivity index (χ0n) is 13.0. The van der Waals surface area contributed by atoms with Gasteiger partial charge in [0.05, 0.1) is 0 Å². The van der Waals surface area contributed by atoms with Crippen molar-refractivity contribution >= 4 is 0 Å². The summed E-state index contributed by atoms with van der Waals surface area (Å²) in [7, 11) is 0. The second-order valence-electron chi connectivity index (χ2n) is 6.69. The third-order valence-electron chi connectivity index (χ3n) is 5.72. The van der Waals surface area contributed by atoms with E-state index in [-0.39, 0.29) is 0 Å². The summed E-state index contributed by atoms with van der Waals surface area (Å²) >= 11 is 0. The molecule has 0 bridgehead atoms. The van der Waals surface area contributed by atoms with Crippen molar-refractivity contribution in [3.05, 3.63) is 34.9 Å². The molecular formula is C18H28N2. The molecule has 0 unspecified atom stereocenters. The average molecular weight is 272 g/mol. The molecule has 0 amide bonds. The van der Waals surface area contributed by atoms with E-state index < -0.39 is 0 Å². The lowest BCUT2D eigenvalue weighted by Crippen LogP contribution is -2.39. The monoisotopic (exact) mass is 272 g/mol. The Hall–Kier alpha value is -0.860. The minimum atomic E-state index is 0.637. The van der Waals surface area contributed by atoms with Crippen molar-refractivity contribution in [1.82, 2.24) is 10.2 Å². The van der Waals surface area contributed by atoms with Crippen molar-refractivity contribution < 1.29 is 0 Å². The van der Waals surface area contributed by atoms with Gasteiger partial charge in [0.25, 0.3) is 0 Å². The molecule has 3 rings (SSSR count). The van der Waals surface area contributed by atoms with E-state index in [1.54, 1.807) is 0 Å². The first-order valence-electron chi connectivity index (χ1n) is 8.28. The number of fused-ring (bicyclic) bond motifs is 1. The number of likely N-dealkylation sites (tertiary alicyclic amines) is 1. The van der Waals surface area contributed by atoms with Gasteiger partial charge in [0.15, 0.2) is 0 Å². The molecule has 20 heavy (non-hydrogen) atoms. The zero-order valence-corrected chi connectivity index (χ0v) is 13.0. The number of rotatable bonds is 4. The lowest BCUT2D eigenvalue weighted by molar-refractivity contribution is 0.0909. The molecule has 2 heterocycles. The third-order valence-corrected chi connectivity index (χ3v) is 5.72. The second-order valence-corrected chi connectivity index (χ2v) is 6.69. The van der Waals surface area contributed by atoms with Gasteiger partial charge in [0.2, 0.25) is 0 Å². The van der Waals surface area contributed by atoms with Gasteiger partial charge in [-0.25, -0.2) is 0 Å². The molecule has 1 fully saturated rings. The lowest BCUT2D eigenvalue weighted by atomic mass is 9.74. The highest BCUT2D eigenvalue weighted by atomic mass is 15.1. The minimum Gasteiger partial charge on any atom is -0.309 e. The van der Waals surface area contributed by atoms with Gasteiger partial charge in [-0.2, -0.15) is 0 Å². The molecule has 1 saturated heterocycles. The number of hydrogen-bond acceptors (Lipinski definition) is 2. The van der Waals surface area contributed by atoms with Gasteiger partial charge in [0.1, 0.15) is 0 Å². The lowest BCUT2D eigenvalue weighted by Gasteiger charge is -2.41. The van der Waals surface area contributed by atoms with E-state index in [4.69, 9.17) is 0 Å². The first kappa shape index (κ1) is 14.1. The van der Waals surface area contributed by atoms with E-state index in [9.17, 15) is 0 Å². The van der Waals surface area contributed by atoms with Crippen molar-refractivity contribution in [3.63, 3.8) is 0 Å². The predicted molar refractivity (Wildman–Crippen MR) is 84.5 cm³/mol. The molecule has 0 saturated carbocycles. The van der Waals surface area contributed by atoms with E-state index in [1.807, 2.05) is 0 Å². The van der Waals surface area contributed by atoms with Gasteiger partial charge in [-0.1, -0.05) is 44.9 Å².